The monoisotopic (exact) mass is 369 g/mol. The number of hydrogen-bond donors (Lipinski definition) is 2. The number of anilines is 1. The Labute approximate surface area is 159 Å². The van der Waals surface area contributed by atoms with Crippen LogP contribution in [0.25, 0.3) is 0 Å². The van der Waals surface area contributed by atoms with E-state index < -0.39 is 0 Å². The van der Waals surface area contributed by atoms with Gasteiger partial charge >= 0.3 is 0 Å². The second-order valence-corrected chi connectivity index (χ2v) is 7.60. The molecule has 26 heavy (non-hydrogen) atoms. The molecule has 5 nitrogen and oxygen atoms in total. The summed E-state index contributed by atoms with van der Waals surface area (Å²) in [5, 5.41) is 7.88. The summed E-state index contributed by atoms with van der Waals surface area (Å²) in [6.07, 6.45) is 7.27. The number of aryl methyl sites for hydroxylation is 1. The lowest BCUT2D eigenvalue weighted by molar-refractivity contribution is 0.796. The summed E-state index contributed by atoms with van der Waals surface area (Å²) in [7, 11) is 0. The molecule has 2 N–H and O–H groups in total. The standard InChI is InChI=1S/C20H27N5S/c1-3-21-20(22-10-9-19-23-14-16(2)26-19)24-15-17-7-6-8-18(13-17)25-11-4-5-12-25/h4-8,13-14H,3,9-12,15H2,1-2H3,(H2,21,22,24). The first-order chi connectivity index (χ1) is 12.7. The first-order valence-electron chi connectivity index (χ1n) is 9.17. The van der Waals surface area contributed by atoms with Gasteiger partial charge in [0.2, 0.25) is 0 Å². The van der Waals surface area contributed by atoms with Crippen molar-refractivity contribution in [2.45, 2.75) is 26.8 Å². The molecular weight excluding hydrogens is 342 g/mol. The van der Waals surface area contributed by atoms with E-state index in [1.807, 2.05) is 6.20 Å². The van der Waals surface area contributed by atoms with Crippen molar-refractivity contribution >= 4 is 23.0 Å². The Morgan fingerprint density at radius 1 is 1.27 bits per heavy atom. The van der Waals surface area contributed by atoms with Gasteiger partial charge in [0.25, 0.3) is 0 Å². The molecule has 2 heterocycles. The molecule has 0 amide bonds. The number of aliphatic imine (C=N–C) groups is 1. The average Bonchev–Trinajstić information content (AvgIpc) is 3.32. The third-order valence-electron chi connectivity index (χ3n) is 4.16. The zero-order valence-corrected chi connectivity index (χ0v) is 16.4. The third-order valence-corrected chi connectivity index (χ3v) is 5.13. The van der Waals surface area contributed by atoms with Crippen LogP contribution in [0, 0.1) is 6.92 Å². The molecule has 1 aliphatic heterocycles. The first kappa shape index (κ1) is 18.5. The largest absolute Gasteiger partial charge is 0.364 e. The van der Waals surface area contributed by atoms with Crippen LogP contribution in [-0.2, 0) is 13.0 Å². The van der Waals surface area contributed by atoms with Crippen LogP contribution in [-0.4, -0.2) is 37.1 Å². The van der Waals surface area contributed by atoms with Crippen LogP contribution in [0.15, 0.2) is 47.6 Å². The van der Waals surface area contributed by atoms with Crippen molar-refractivity contribution in [1.82, 2.24) is 15.6 Å². The second kappa shape index (κ2) is 9.38. The van der Waals surface area contributed by atoms with Crippen LogP contribution in [0.1, 0.15) is 22.4 Å². The highest BCUT2D eigenvalue weighted by Gasteiger charge is 2.08. The second-order valence-electron chi connectivity index (χ2n) is 6.28. The minimum atomic E-state index is 0.667. The molecule has 0 spiro atoms. The number of guanidine groups is 1. The van der Waals surface area contributed by atoms with Gasteiger partial charge in [-0.25, -0.2) is 9.98 Å². The van der Waals surface area contributed by atoms with Gasteiger partial charge in [-0.2, -0.15) is 0 Å². The van der Waals surface area contributed by atoms with Crippen molar-refractivity contribution in [3.8, 4) is 0 Å². The molecule has 0 bridgehead atoms. The molecule has 1 aromatic carbocycles. The predicted octanol–water partition coefficient (Wildman–Crippen LogP) is 3.13. The molecule has 3 rings (SSSR count). The summed E-state index contributed by atoms with van der Waals surface area (Å²) in [5.41, 5.74) is 2.49. The molecule has 138 valence electrons. The number of nitrogens with zero attached hydrogens (tertiary/aromatic N) is 3. The van der Waals surface area contributed by atoms with Gasteiger partial charge in [-0.1, -0.05) is 24.3 Å². The van der Waals surface area contributed by atoms with Crippen molar-refractivity contribution in [1.29, 1.82) is 0 Å². The number of hydrogen-bond acceptors (Lipinski definition) is 4. The molecule has 2 aromatic rings. The van der Waals surface area contributed by atoms with E-state index in [9.17, 15) is 0 Å². The van der Waals surface area contributed by atoms with Gasteiger partial charge in [-0.05, 0) is 31.5 Å². The van der Waals surface area contributed by atoms with Crippen molar-refractivity contribution in [3.05, 3.63) is 58.1 Å². The Kier molecular flexibility index (Phi) is 6.66. The minimum Gasteiger partial charge on any atom is -0.364 e. The topological polar surface area (TPSA) is 52.6 Å². The summed E-state index contributed by atoms with van der Waals surface area (Å²) in [6, 6.07) is 8.65. The Hall–Kier alpha value is -2.34. The highest BCUT2D eigenvalue weighted by Crippen LogP contribution is 2.19. The number of benzene rings is 1. The van der Waals surface area contributed by atoms with Gasteiger partial charge in [0, 0.05) is 49.4 Å². The van der Waals surface area contributed by atoms with Crippen molar-refractivity contribution in [3.63, 3.8) is 0 Å². The van der Waals surface area contributed by atoms with Crippen LogP contribution in [0.3, 0.4) is 0 Å². The van der Waals surface area contributed by atoms with E-state index in [1.165, 1.54) is 16.1 Å². The minimum absolute atomic E-state index is 0.667. The lowest BCUT2D eigenvalue weighted by Gasteiger charge is -2.18. The highest BCUT2D eigenvalue weighted by molar-refractivity contribution is 7.11. The fourth-order valence-corrected chi connectivity index (χ4v) is 3.64. The maximum Gasteiger partial charge on any atom is 0.191 e. The third kappa shape index (κ3) is 5.33. The smallest absolute Gasteiger partial charge is 0.191 e. The number of nitrogens with one attached hydrogen (secondary N) is 2. The molecule has 0 unspecified atom stereocenters. The SMILES string of the molecule is CCNC(=NCc1cccc(N2CC=CC2)c1)NCCc1ncc(C)s1. The molecule has 6 heteroatoms. The highest BCUT2D eigenvalue weighted by atomic mass is 32.1. The summed E-state index contributed by atoms with van der Waals surface area (Å²) in [5.74, 6) is 0.856. The average molecular weight is 370 g/mol. The molecule has 0 radical (unpaired) electrons. The van der Waals surface area contributed by atoms with Crippen LogP contribution < -0.4 is 15.5 Å². The predicted molar refractivity (Wildman–Crippen MR) is 111 cm³/mol. The Morgan fingerprint density at radius 3 is 2.85 bits per heavy atom. The maximum atomic E-state index is 4.73. The van der Waals surface area contributed by atoms with Crippen LogP contribution >= 0.6 is 11.3 Å². The lowest BCUT2D eigenvalue weighted by Crippen LogP contribution is -2.38. The molecule has 0 fully saturated rings. The van der Waals surface area contributed by atoms with E-state index in [1.54, 1.807) is 11.3 Å². The summed E-state index contributed by atoms with van der Waals surface area (Å²) in [4.78, 5) is 12.8. The van der Waals surface area contributed by atoms with Crippen LogP contribution in [0.5, 0.6) is 0 Å². The normalized spacial score (nSPS) is 14.1. The summed E-state index contributed by atoms with van der Waals surface area (Å²) in [6.45, 7) is 8.51. The Balaban J connectivity index is 1.55. The number of rotatable bonds is 7. The number of thiazole rings is 1. The van der Waals surface area contributed by atoms with Gasteiger partial charge in [0.1, 0.15) is 0 Å². The van der Waals surface area contributed by atoms with Crippen molar-refractivity contribution in [2.24, 2.45) is 4.99 Å². The molecule has 1 aromatic heterocycles. The fourth-order valence-electron chi connectivity index (χ4n) is 2.86. The van der Waals surface area contributed by atoms with Gasteiger partial charge in [0.15, 0.2) is 5.96 Å². The Morgan fingerprint density at radius 2 is 2.12 bits per heavy atom. The molecule has 0 saturated heterocycles. The quantitative estimate of drug-likeness (QED) is 0.447. The molecular formula is C20H27N5S. The van der Waals surface area contributed by atoms with E-state index in [-0.39, 0.29) is 0 Å². The van der Waals surface area contributed by atoms with E-state index >= 15 is 0 Å². The van der Waals surface area contributed by atoms with Gasteiger partial charge < -0.3 is 15.5 Å². The molecule has 0 atom stereocenters. The van der Waals surface area contributed by atoms with Crippen LogP contribution in [0.2, 0.25) is 0 Å². The zero-order chi connectivity index (χ0) is 18.2. The lowest BCUT2D eigenvalue weighted by atomic mass is 10.2. The van der Waals surface area contributed by atoms with Crippen LogP contribution in [0.4, 0.5) is 5.69 Å². The summed E-state index contributed by atoms with van der Waals surface area (Å²) < 4.78 is 0. The summed E-state index contributed by atoms with van der Waals surface area (Å²) >= 11 is 1.76. The fraction of sp³-hybridized carbons (Fsp3) is 0.400. The van der Waals surface area contributed by atoms with E-state index in [2.05, 4.69) is 70.8 Å². The molecule has 1 aliphatic rings. The van der Waals surface area contributed by atoms with E-state index in [0.717, 1.165) is 43.6 Å². The van der Waals surface area contributed by atoms with Crippen molar-refractivity contribution < 1.29 is 0 Å². The van der Waals surface area contributed by atoms with Gasteiger partial charge in [-0.15, -0.1) is 11.3 Å². The van der Waals surface area contributed by atoms with Gasteiger partial charge in [-0.3, -0.25) is 0 Å². The van der Waals surface area contributed by atoms with Gasteiger partial charge in [0.05, 0.1) is 11.6 Å². The molecule has 0 saturated carbocycles. The number of aromatic nitrogens is 1. The van der Waals surface area contributed by atoms with E-state index in [0.29, 0.717) is 6.54 Å². The molecule has 0 aliphatic carbocycles. The maximum absolute atomic E-state index is 4.73. The van der Waals surface area contributed by atoms with Crippen molar-refractivity contribution in [2.75, 3.05) is 31.1 Å². The van der Waals surface area contributed by atoms with E-state index in [4.69, 9.17) is 4.99 Å². The zero-order valence-electron chi connectivity index (χ0n) is 15.5. The first-order valence-corrected chi connectivity index (χ1v) is 9.98. The Bertz CT molecular complexity index is 757.